The highest BCUT2D eigenvalue weighted by atomic mass is 16.5. The van der Waals surface area contributed by atoms with Crippen molar-refractivity contribution in [1.82, 2.24) is 9.55 Å². The second kappa shape index (κ2) is 8.28. The number of hydrogen-bond donors (Lipinski definition) is 2. The van der Waals surface area contributed by atoms with Gasteiger partial charge in [-0.25, -0.2) is 9.59 Å². The average molecular weight is 359 g/mol. The molecule has 1 amide bonds. The number of amides is 1. The summed E-state index contributed by atoms with van der Waals surface area (Å²) >= 11 is 0. The van der Waals surface area contributed by atoms with Gasteiger partial charge in [-0.05, 0) is 23.6 Å². The lowest BCUT2D eigenvalue weighted by Gasteiger charge is -2.13. The first-order chi connectivity index (χ1) is 12.3. The number of carbonyl (C=O) groups is 2. The molecule has 0 aliphatic rings. The fraction of sp³-hybridized carbons (Fsp3) is 0.333. The minimum absolute atomic E-state index is 0.00149. The van der Waals surface area contributed by atoms with Crippen molar-refractivity contribution in [2.24, 2.45) is 0 Å². The van der Waals surface area contributed by atoms with Gasteiger partial charge in [0.25, 0.3) is 5.56 Å². The van der Waals surface area contributed by atoms with E-state index in [0.717, 1.165) is 5.56 Å². The molecule has 0 fully saturated rings. The van der Waals surface area contributed by atoms with E-state index in [2.05, 4.69) is 10.3 Å². The second-order valence-corrected chi connectivity index (χ2v) is 6.05. The number of aromatic nitrogens is 2. The van der Waals surface area contributed by atoms with Gasteiger partial charge in [-0.2, -0.15) is 0 Å². The molecule has 1 aromatic heterocycles. The van der Waals surface area contributed by atoms with Crippen LogP contribution in [-0.2, 0) is 16.1 Å². The Bertz CT molecular complexity index is 927. The molecule has 0 aliphatic carbocycles. The summed E-state index contributed by atoms with van der Waals surface area (Å²) in [4.78, 5) is 49.0. The number of aryl methyl sites for hydroxylation is 1. The standard InChI is InChI=1S/C18H21N3O5/c1-11(2)12-4-5-14(13(10-12)17(24)26-3)19-15(22)6-8-21-9-7-16(23)20-18(21)25/h4-5,7,9-11H,6,8H2,1-3H3,(H,19,22)(H,20,23,25). The number of H-pyrrole nitrogens is 1. The number of carbonyl (C=O) groups excluding carboxylic acids is 2. The first kappa shape index (κ1) is 19.2. The largest absolute Gasteiger partial charge is 0.465 e. The van der Waals surface area contributed by atoms with E-state index in [0.29, 0.717) is 5.69 Å². The van der Waals surface area contributed by atoms with Crippen LogP contribution in [-0.4, -0.2) is 28.5 Å². The fourth-order valence-electron chi connectivity index (χ4n) is 2.36. The number of rotatable bonds is 6. The van der Waals surface area contributed by atoms with Crippen molar-refractivity contribution >= 4 is 17.6 Å². The van der Waals surface area contributed by atoms with Gasteiger partial charge in [-0.3, -0.25) is 14.6 Å². The molecule has 0 saturated heterocycles. The van der Waals surface area contributed by atoms with E-state index in [1.807, 2.05) is 19.9 Å². The molecule has 138 valence electrons. The molecule has 2 rings (SSSR count). The Morgan fingerprint density at radius 3 is 2.58 bits per heavy atom. The molecular formula is C18H21N3O5. The second-order valence-electron chi connectivity index (χ2n) is 6.05. The van der Waals surface area contributed by atoms with Gasteiger partial charge in [0.05, 0.1) is 18.4 Å². The Kier molecular flexibility index (Phi) is 6.11. The maximum atomic E-state index is 12.2. The summed E-state index contributed by atoms with van der Waals surface area (Å²) in [5.74, 6) is -0.694. The highest BCUT2D eigenvalue weighted by Crippen LogP contribution is 2.23. The number of aromatic amines is 1. The van der Waals surface area contributed by atoms with Gasteiger partial charge in [-0.1, -0.05) is 19.9 Å². The predicted molar refractivity (Wildman–Crippen MR) is 96.4 cm³/mol. The zero-order valence-electron chi connectivity index (χ0n) is 14.9. The molecule has 2 N–H and O–H groups in total. The van der Waals surface area contributed by atoms with Crippen LogP contribution in [0.4, 0.5) is 5.69 Å². The molecule has 0 bridgehead atoms. The van der Waals surface area contributed by atoms with Crippen LogP contribution in [0.3, 0.4) is 0 Å². The van der Waals surface area contributed by atoms with E-state index in [1.54, 1.807) is 12.1 Å². The molecule has 0 radical (unpaired) electrons. The van der Waals surface area contributed by atoms with Crippen molar-refractivity contribution in [1.29, 1.82) is 0 Å². The summed E-state index contributed by atoms with van der Waals surface area (Å²) < 4.78 is 6.01. The quantitative estimate of drug-likeness (QED) is 0.759. The molecule has 8 nitrogen and oxygen atoms in total. The number of hydrogen-bond acceptors (Lipinski definition) is 5. The molecule has 1 aromatic carbocycles. The van der Waals surface area contributed by atoms with Gasteiger partial charge in [0, 0.05) is 25.2 Å². The normalized spacial score (nSPS) is 10.6. The van der Waals surface area contributed by atoms with Gasteiger partial charge < -0.3 is 14.6 Å². The smallest absolute Gasteiger partial charge is 0.339 e. The van der Waals surface area contributed by atoms with E-state index in [9.17, 15) is 19.2 Å². The Labute approximate surface area is 149 Å². The van der Waals surface area contributed by atoms with Crippen LogP contribution in [0, 0.1) is 0 Å². The molecule has 0 spiro atoms. The lowest BCUT2D eigenvalue weighted by Crippen LogP contribution is -2.29. The van der Waals surface area contributed by atoms with Crippen LogP contribution in [0.5, 0.6) is 0 Å². The van der Waals surface area contributed by atoms with E-state index in [4.69, 9.17) is 4.74 Å². The first-order valence-corrected chi connectivity index (χ1v) is 8.13. The highest BCUT2D eigenvalue weighted by molar-refractivity contribution is 6.01. The summed E-state index contributed by atoms with van der Waals surface area (Å²) in [6.07, 6.45) is 1.32. The Hall–Kier alpha value is -3.16. The molecule has 0 saturated carbocycles. The van der Waals surface area contributed by atoms with Crippen LogP contribution in [0.1, 0.15) is 42.1 Å². The molecule has 0 atom stereocenters. The molecule has 2 aromatic rings. The minimum Gasteiger partial charge on any atom is -0.465 e. The average Bonchev–Trinajstić information content (AvgIpc) is 2.60. The summed E-state index contributed by atoms with van der Waals surface area (Å²) in [7, 11) is 1.28. The van der Waals surface area contributed by atoms with E-state index < -0.39 is 17.2 Å². The molecule has 8 heteroatoms. The third kappa shape index (κ3) is 4.69. The van der Waals surface area contributed by atoms with Crippen LogP contribution in [0.25, 0.3) is 0 Å². The minimum atomic E-state index is -0.582. The van der Waals surface area contributed by atoms with Crippen molar-refractivity contribution in [2.45, 2.75) is 32.7 Å². The van der Waals surface area contributed by atoms with E-state index in [-0.39, 0.29) is 30.4 Å². The number of ether oxygens (including phenoxy) is 1. The predicted octanol–water partition coefficient (Wildman–Crippen LogP) is 1.48. The van der Waals surface area contributed by atoms with Crippen molar-refractivity contribution < 1.29 is 14.3 Å². The van der Waals surface area contributed by atoms with Gasteiger partial charge in [0.15, 0.2) is 0 Å². The van der Waals surface area contributed by atoms with Gasteiger partial charge in [-0.15, -0.1) is 0 Å². The highest BCUT2D eigenvalue weighted by Gasteiger charge is 2.16. The first-order valence-electron chi connectivity index (χ1n) is 8.13. The maximum Gasteiger partial charge on any atom is 0.339 e. The molecule has 0 unspecified atom stereocenters. The number of nitrogens with zero attached hydrogens (tertiary/aromatic N) is 1. The Morgan fingerprint density at radius 1 is 1.23 bits per heavy atom. The summed E-state index contributed by atoms with van der Waals surface area (Å²) in [6, 6.07) is 6.39. The zero-order valence-corrected chi connectivity index (χ0v) is 14.9. The lowest BCUT2D eigenvalue weighted by atomic mass is 9.99. The monoisotopic (exact) mass is 359 g/mol. The summed E-state index contributed by atoms with van der Waals surface area (Å²) in [6.45, 7) is 4.09. The molecule has 1 heterocycles. The fourth-order valence-corrected chi connectivity index (χ4v) is 2.36. The number of benzene rings is 1. The van der Waals surface area contributed by atoms with Crippen LogP contribution < -0.4 is 16.6 Å². The summed E-state index contributed by atoms with van der Waals surface area (Å²) in [5.41, 5.74) is 0.488. The van der Waals surface area contributed by atoms with Crippen molar-refractivity contribution in [2.75, 3.05) is 12.4 Å². The van der Waals surface area contributed by atoms with Crippen LogP contribution in [0.15, 0.2) is 40.1 Å². The number of esters is 1. The molecular weight excluding hydrogens is 338 g/mol. The maximum absolute atomic E-state index is 12.2. The van der Waals surface area contributed by atoms with Gasteiger partial charge in [0.2, 0.25) is 5.91 Å². The number of nitrogens with one attached hydrogen (secondary N) is 2. The van der Waals surface area contributed by atoms with Gasteiger partial charge >= 0.3 is 11.7 Å². The summed E-state index contributed by atoms with van der Waals surface area (Å²) in [5, 5.41) is 2.67. The van der Waals surface area contributed by atoms with Gasteiger partial charge in [0.1, 0.15) is 0 Å². The number of anilines is 1. The SMILES string of the molecule is COC(=O)c1cc(C(C)C)ccc1NC(=O)CCn1ccc(=O)[nH]c1=O. The third-order valence-corrected chi connectivity index (χ3v) is 3.87. The van der Waals surface area contributed by atoms with E-state index >= 15 is 0 Å². The van der Waals surface area contributed by atoms with Crippen LogP contribution in [0.2, 0.25) is 0 Å². The van der Waals surface area contributed by atoms with Crippen molar-refractivity contribution in [3.63, 3.8) is 0 Å². The lowest BCUT2D eigenvalue weighted by molar-refractivity contribution is -0.116. The zero-order chi connectivity index (χ0) is 19.3. The van der Waals surface area contributed by atoms with E-state index in [1.165, 1.54) is 23.9 Å². The Morgan fingerprint density at radius 2 is 1.96 bits per heavy atom. The van der Waals surface area contributed by atoms with Crippen molar-refractivity contribution in [3.05, 3.63) is 62.4 Å². The Balaban J connectivity index is 2.13. The third-order valence-electron chi connectivity index (χ3n) is 3.87. The number of methoxy groups -OCH3 is 1. The molecule has 0 aliphatic heterocycles. The van der Waals surface area contributed by atoms with Crippen molar-refractivity contribution in [3.8, 4) is 0 Å². The molecule has 26 heavy (non-hydrogen) atoms. The van der Waals surface area contributed by atoms with Crippen LogP contribution >= 0.6 is 0 Å². The topological polar surface area (TPSA) is 110 Å².